The van der Waals surface area contributed by atoms with Crippen LogP contribution in [-0.2, 0) is 9.47 Å². The monoisotopic (exact) mass is 610 g/mol. The highest BCUT2D eigenvalue weighted by molar-refractivity contribution is 6.10. The molecule has 12 nitrogen and oxygen atoms in total. The number of nitrogens with zero attached hydrogens (tertiary/aromatic N) is 6. The van der Waals surface area contributed by atoms with E-state index in [-0.39, 0.29) is 23.2 Å². The fourth-order valence-corrected chi connectivity index (χ4v) is 3.99. The second kappa shape index (κ2) is 12.6. The zero-order chi connectivity index (χ0) is 33.1. The Kier molecular flexibility index (Phi) is 9.04. The number of benzene rings is 2. The summed E-state index contributed by atoms with van der Waals surface area (Å²) in [5.74, 6) is -0.273. The molecule has 4 rings (SSSR count). The molecule has 0 N–H and O–H groups in total. The molecule has 0 radical (unpaired) electrons. The van der Waals surface area contributed by atoms with E-state index in [1.807, 2.05) is 0 Å². The van der Waals surface area contributed by atoms with Crippen LogP contribution in [0.5, 0.6) is 0 Å². The lowest BCUT2D eigenvalue weighted by Gasteiger charge is -2.28. The predicted molar refractivity (Wildman–Crippen MR) is 166 cm³/mol. The van der Waals surface area contributed by atoms with Crippen molar-refractivity contribution in [3.05, 3.63) is 71.9 Å². The Morgan fingerprint density at radius 1 is 0.822 bits per heavy atom. The summed E-state index contributed by atoms with van der Waals surface area (Å²) < 4.78 is 16.8. The lowest BCUT2D eigenvalue weighted by atomic mass is 10.1. The first-order valence-electron chi connectivity index (χ1n) is 14.0. The first kappa shape index (κ1) is 32.3. The van der Waals surface area contributed by atoms with Crippen molar-refractivity contribution in [1.29, 1.82) is 5.26 Å². The Morgan fingerprint density at radius 2 is 1.36 bits per heavy atom. The molecule has 2 aromatic heterocycles. The molecule has 0 aliphatic carbocycles. The van der Waals surface area contributed by atoms with Gasteiger partial charge in [0.05, 0.1) is 23.5 Å². The van der Waals surface area contributed by atoms with E-state index in [0.29, 0.717) is 38.5 Å². The number of aromatic nitrogens is 3. The Labute approximate surface area is 261 Å². The third-order valence-electron chi connectivity index (χ3n) is 6.00. The van der Waals surface area contributed by atoms with Crippen molar-refractivity contribution in [2.75, 3.05) is 19.0 Å². The summed E-state index contributed by atoms with van der Waals surface area (Å²) in [5.41, 5.74) is 1.11. The van der Waals surface area contributed by atoms with Gasteiger partial charge in [0.25, 0.3) is 5.91 Å². The summed E-state index contributed by atoms with van der Waals surface area (Å²) in [6.45, 7) is 9.99. The first-order chi connectivity index (χ1) is 21.1. The van der Waals surface area contributed by atoms with E-state index in [0.717, 1.165) is 0 Å². The van der Waals surface area contributed by atoms with Crippen LogP contribution in [0.2, 0.25) is 0 Å². The van der Waals surface area contributed by atoms with E-state index in [4.69, 9.17) is 24.2 Å². The minimum absolute atomic E-state index is 0.00468. The third-order valence-corrected chi connectivity index (χ3v) is 6.00. The largest absolute Gasteiger partial charge is 0.443 e. The SMILES string of the molecule is CN(C)C(=O)c1ccc(-c2cnc(N(C(=O)OC(C)(C)C)C(=O)OC(C)(C)C)c(-c3cc(-c4ccc(C#N)cc4)no3)n2)cc1. The molecule has 12 heteroatoms. The van der Waals surface area contributed by atoms with Gasteiger partial charge in [-0.1, -0.05) is 29.4 Å². The molecule has 232 valence electrons. The number of nitriles is 1. The number of rotatable bonds is 5. The summed E-state index contributed by atoms with van der Waals surface area (Å²) in [6, 6.07) is 17.1. The lowest BCUT2D eigenvalue weighted by molar-refractivity contribution is 0.0428. The quantitative estimate of drug-likeness (QED) is 0.238. The van der Waals surface area contributed by atoms with Crippen LogP contribution >= 0.6 is 0 Å². The highest BCUT2D eigenvalue weighted by atomic mass is 16.6. The molecule has 0 saturated carbocycles. The number of ether oxygens (including phenoxy) is 2. The fraction of sp³-hybridized carbons (Fsp3) is 0.303. The minimum Gasteiger partial charge on any atom is -0.443 e. The van der Waals surface area contributed by atoms with E-state index >= 15 is 0 Å². The van der Waals surface area contributed by atoms with Gasteiger partial charge in [-0.05, 0) is 65.8 Å². The van der Waals surface area contributed by atoms with Crippen molar-refractivity contribution in [2.45, 2.75) is 52.7 Å². The summed E-state index contributed by atoms with van der Waals surface area (Å²) in [7, 11) is 3.33. The molecule has 0 unspecified atom stereocenters. The van der Waals surface area contributed by atoms with Crippen molar-refractivity contribution in [3.63, 3.8) is 0 Å². The number of imide groups is 1. The summed E-state index contributed by atoms with van der Waals surface area (Å²) in [6.07, 6.45) is -0.668. The predicted octanol–water partition coefficient (Wildman–Crippen LogP) is 6.72. The molecule has 0 bridgehead atoms. The van der Waals surface area contributed by atoms with Crippen molar-refractivity contribution < 1.29 is 28.4 Å². The van der Waals surface area contributed by atoms with E-state index < -0.39 is 23.4 Å². The van der Waals surface area contributed by atoms with Crippen LogP contribution in [0.15, 0.2) is 65.3 Å². The summed E-state index contributed by atoms with van der Waals surface area (Å²) in [5, 5.41) is 13.3. The van der Waals surface area contributed by atoms with Crippen LogP contribution in [0.3, 0.4) is 0 Å². The first-order valence-corrected chi connectivity index (χ1v) is 14.0. The molecule has 2 heterocycles. The molecule has 0 aliphatic rings. The Bertz CT molecular complexity index is 1730. The van der Waals surface area contributed by atoms with E-state index in [1.165, 1.54) is 11.1 Å². The van der Waals surface area contributed by atoms with Crippen LogP contribution in [0.4, 0.5) is 15.4 Å². The highest BCUT2D eigenvalue weighted by Gasteiger charge is 2.37. The van der Waals surface area contributed by atoms with Crippen LogP contribution in [0.1, 0.15) is 57.5 Å². The van der Waals surface area contributed by atoms with Crippen LogP contribution in [0.25, 0.3) is 34.0 Å². The average Bonchev–Trinajstić information content (AvgIpc) is 3.45. The Morgan fingerprint density at radius 3 is 1.87 bits per heavy atom. The molecule has 45 heavy (non-hydrogen) atoms. The number of hydrogen-bond donors (Lipinski definition) is 0. The number of carbonyl (C=O) groups is 3. The van der Waals surface area contributed by atoms with Crippen molar-refractivity contribution >= 4 is 23.9 Å². The zero-order valence-corrected chi connectivity index (χ0v) is 26.4. The molecule has 0 saturated heterocycles. The van der Waals surface area contributed by atoms with Crippen molar-refractivity contribution in [3.8, 4) is 40.0 Å². The smallest absolute Gasteiger partial charge is 0.425 e. The van der Waals surface area contributed by atoms with Gasteiger partial charge in [-0.15, -0.1) is 0 Å². The van der Waals surface area contributed by atoms with Gasteiger partial charge in [0.15, 0.2) is 17.3 Å². The van der Waals surface area contributed by atoms with E-state index in [9.17, 15) is 14.4 Å². The molecule has 4 aromatic rings. The van der Waals surface area contributed by atoms with E-state index in [1.54, 1.807) is 110 Å². The Hall–Kier alpha value is -5.57. The van der Waals surface area contributed by atoms with Gasteiger partial charge in [0.1, 0.15) is 16.9 Å². The molecular formula is C33H34N6O6. The molecule has 0 fully saturated rings. The van der Waals surface area contributed by atoms with Crippen LogP contribution in [0, 0.1) is 11.3 Å². The van der Waals surface area contributed by atoms with E-state index in [2.05, 4.69) is 16.2 Å². The normalized spacial score (nSPS) is 11.4. The van der Waals surface area contributed by atoms with Gasteiger partial charge in [-0.3, -0.25) is 4.79 Å². The van der Waals surface area contributed by atoms with Gasteiger partial charge in [0.2, 0.25) is 0 Å². The van der Waals surface area contributed by atoms with Crippen molar-refractivity contribution in [2.24, 2.45) is 0 Å². The molecule has 3 amide bonds. The molecule has 0 spiro atoms. The third kappa shape index (κ3) is 7.88. The number of anilines is 1. The Balaban J connectivity index is 1.88. The molecular weight excluding hydrogens is 576 g/mol. The van der Waals surface area contributed by atoms with Gasteiger partial charge in [-0.25, -0.2) is 19.6 Å². The fourth-order valence-electron chi connectivity index (χ4n) is 3.99. The maximum Gasteiger partial charge on any atom is 0.425 e. The van der Waals surface area contributed by atoms with Crippen LogP contribution < -0.4 is 4.90 Å². The van der Waals surface area contributed by atoms with Crippen molar-refractivity contribution in [1.82, 2.24) is 20.0 Å². The maximum atomic E-state index is 13.5. The molecule has 0 atom stereocenters. The van der Waals surface area contributed by atoms with Crippen LogP contribution in [-0.4, -0.2) is 63.4 Å². The topological polar surface area (TPSA) is 152 Å². The average molecular weight is 611 g/mol. The van der Waals surface area contributed by atoms with Gasteiger partial charge < -0.3 is 18.9 Å². The summed E-state index contributed by atoms with van der Waals surface area (Å²) in [4.78, 5) is 50.8. The van der Waals surface area contributed by atoms with Gasteiger partial charge >= 0.3 is 12.2 Å². The lowest BCUT2D eigenvalue weighted by Crippen LogP contribution is -2.44. The number of carbonyl (C=O) groups excluding carboxylic acids is 3. The zero-order valence-electron chi connectivity index (χ0n) is 26.4. The molecule has 0 aliphatic heterocycles. The minimum atomic E-state index is -1.03. The maximum absolute atomic E-state index is 13.5. The second-order valence-electron chi connectivity index (χ2n) is 12.3. The molecule has 2 aromatic carbocycles. The second-order valence-corrected chi connectivity index (χ2v) is 12.3. The standard InChI is InChI=1S/C33H34N6O6/c1-32(2,3)43-30(41)39(31(42)44-33(4,5)6)28-27(26-17-24(37-45-26)21-11-9-20(18-34)10-12-21)36-25(19-35-28)22-13-15-23(16-14-22)29(40)38(7)8/h9-17,19H,1-8H3. The number of amides is 3. The highest BCUT2D eigenvalue weighted by Crippen LogP contribution is 2.34. The number of hydrogen-bond acceptors (Lipinski definition) is 10. The van der Waals surface area contributed by atoms with Gasteiger partial charge in [0, 0.05) is 36.9 Å². The van der Waals surface area contributed by atoms with Gasteiger partial charge in [-0.2, -0.15) is 10.2 Å². The summed E-state index contributed by atoms with van der Waals surface area (Å²) >= 11 is 0.